The lowest BCUT2D eigenvalue weighted by Gasteiger charge is -2.15. The zero-order chi connectivity index (χ0) is 9.90. The predicted octanol–water partition coefficient (Wildman–Crippen LogP) is 2.61. The highest BCUT2D eigenvalue weighted by molar-refractivity contribution is 7.99. The molecular weight excluding hydrogens is 202 g/mol. The molecule has 0 aliphatic heterocycles. The second kappa shape index (κ2) is 4.28. The summed E-state index contributed by atoms with van der Waals surface area (Å²) in [6.45, 7) is 6.62. The van der Waals surface area contributed by atoms with Gasteiger partial charge in [0.25, 0.3) is 0 Å². The number of anilines is 1. The van der Waals surface area contributed by atoms with Crippen LogP contribution in [0.15, 0.2) is 0 Å². The molecule has 5 heteroatoms. The average Bonchev–Trinajstić information content (AvgIpc) is 2.47. The van der Waals surface area contributed by atoms with Gasteiger partial charge in [-0.2, -0.15) is 0 Å². The molecule has 74 valence electrons. The van der Waals surface area contributed by atoms with Crippen LogP contribution in [-0.4, -0.2) is 22.0 Å². The molecule has 0 unspecified atom stereocenters. The molecule has 3 nitrogen and oxygen atoms in total. The lowest BCUT2D eigenvalue weighted by atomic mass is 10.3. The Morgan fingerprint density at radius 1 is 1.38 bits per heavy atom. The van der Waals surface area contributed by atoms with E-state index in [0.717, 1.165) is 15.9 Å². The van der Waals surface area contributed by atoms with Crippen molar-refractivity contribution in [1.82, 2.24) is 10.2 Å². The Labute approximate surface area is 87.3 Å². The molecule has 1 aromatic heterocycles. The van der Waals surface area contributed by atoms with Crippen LogP contribution in [0.2, 0.25) is 0 Å². The summed E-state index contributed by atoms with van der Waals surface area (Å²) in [5.74, 6) is 0.947. The van der Waals surface area contributed by atoms with Crippen molar-refractivity contribution in [2.24, 2.45) is 0 Å². The van der Waals surface area contributed by atoms with Crippen LogP contribution in [0.1, 0.15) is 25.8 Å². The van der Waals surface area contributed by atoms with Crippen LogP contribution in [0.3, 0.4) is 0 Å². The van der Waals surface area contributed by atoms with E-state index in [9.17, 15) is 0 Å². The van der Waals surface area contributed by atoms with Gasteiger partial charge in [-0.3, -0.25) is 0 Å². The summed E-state index contributed by atoms with van der Waals surface area (Å²) in [7, 11) is 1.86. The Balaban J connectivity index is 2.46. The van der Waals surface area contributed by atoms with Crippen molar-refractivity contribution in [3.63, 3.8) is 0 Å². The average molecular weight is 217 g/mol. The van der Waals surface area contributed by atoms with E-state index in [0.29, 0.717) is 4.75 Å². The van der Waals surface area contributed by atoms with Crippen molar-refractivity contribution in [1.29, 1.82) is 0 Å². The molecule has 1 N–H and O–H groups in total. The predicted molar refractivity (Wildman–Crippen MR) is 60.5 cm³/mol. The standard InChI is InChI=1S/C8H15N3S2/c1-8(2,3)12-5-6-10-11-7(9-4)13-6/h5H2,1-4H3,(H,9,11). The number of rotatable bonds is 3. The largest absolute Gasteiger partial charge is 0.363 e. The highest BCUT2D eigenvalue weighted by atomic mass is 32.2. The molecule has 0 atom stereocenters. The number of aromatic nitrogens is 2. The van der Waals surface area contributed by atoms with Gasteiger partial charge in [0.05, 0.1) is 0 Å². The first-order chi connectivity index (χ1) is 6.01. The van der Waals surface area contributed by atoms with Crippen LogP contribution in [0.25, 0.3) is 0 Å². The number of nitrogens with zero attached hydrogens (tertiary/aromatic N) is 2. The fourth-order valence-electron chi connectivity index (χ4n) is 0.691. The normalized spacial score (nSPS) is 11.7. The molecule has 0 saturated heterocycles. The van der Waals surface area contributed by atoms with Crippen molar-refractivity contribution in [2.75, 3.05) is 12.4 Å². The summed E-state index contributed by atoms with van der Waals surface area (Å²) in [4.78, 5) is 0. The Hall–Kier alpha value is -0.290. The minimum Gasteiger partial charge on any atom is -0.363 e. The summed E-state index contributed by atoms with van der Waals surface area (Å²) in [5.41, 5.74) is 0. The van der Waals surface area contributed by atoms with Gasteiger partial charge in [-0.05, 0) is 0 Å². The van der Waals surface area contributed by atoms with E-state index >= 15 is 0 Å². The molecule has 0 fully saturated rings. The third-order valence-corrected chi connectivity index (χ3v) is 3.72. The minimum atomic E-state index is 0.297. The summed E-state index contributed by atoms with van der Waals surface area (Å²) in [5, 5.41) is 13.0. The quantitative estimate of drug-likeness (QED) is 0.844. The Morgan fingerprint density at radius 3 is 2.54 bits per heavy atom. The molecule has 13 heavy (non-hydrogen) atoms. The lowest BCUT2D eigenvalue weighted by Crippen LogP contribution is -2.07. The fraction of sp³-hybridized carbons (Fsp3) is 0.750. The second-order valence-electron chi connectivity index (χ2n) is 3.65. The third kappa shape index (κ3) is 3.95. The maximum Gasteiger partial charge on any atom is 0.205 e. The summed E-state index contributed by atoms with van der Waals surface area (Å²) in [6, 6.07) is 0. The topological polar surface area (TPSA) is 37.8 Å². The van der Waals surface area contributed by atoms with Gasteiger partial charge >= 0.3 is 0 Å². The monoisotopic (exact) mass is 217 g/mol. The molecular formula is C8H15N3S2. The van der Waals surface area contributed by atoms with Crippen molar-refractivity contribution in [2.45, 2.75) is 31.3 Å². The van der Waals surface area contributed by atoms with Crippen LogP contribution in [0.4, 0.5) is 5.13 Å². The first kappa shape index (κ1) is 10.8. The van der Waals surface area contributed by atoms with E-state index in [2.05, 4.69) is 36.3 Å². The molecule has 0 spiro atoms. The molecule has 1 heterocycles. The molecule has 1 rings (SSSR count). The maximum absolute atomic E-state index is 4.08. The third-order valence-electron chi connectivity index (χ3n) is 1.31. The lowest BCUT2D eigenvalue weighted by molar-refractivity contribution is 0.801. The summed E-state index contributed by atoms with van der Waals surface area (Å²) in [6.07, 6.45) is 0. The molecule has 0 aliphatic carbocycles. The van der Waals surface area contributed by atoms with Crippen molar-refractivity contribution in [3.05, 3.63) is 5.01 Å². The van der Waals surface area contributed by atoms with Gasteiger partial charge in [0, 0.05) is 17.5 Å². The highest BCUT2D eigenvalue weighted by Crippen LogP contribution is 2.28. The van der Waals surface area contributed by atoms with Crippen LogP contribution >= 0.6 is 23.1 Å². The van der Waals surface area contributed by atoms with E-state index in [1.165, 1.54) is 0 Å². The van der Waals surface area contributed by atoms with Gasteiger partial charge < -0.3 is 5.32 Å². The van der Waals surface area contributed by atoms with E-state index in [4.69, 9.17) is 0 Å². The molecule has 0 saturated carbocycles. The van der Waals surface area contributed by atoms with Crippen molar-refractivity contribution in [3.8, 4) is 0 Å². The van der Waals surface area contributed by atoms with Gasteiger partial charge in [-0.25, -0.2) is 0 Å². The van der Waals surface area contributed by atoms with E-state index in [1.54, 1.807) is 11.3 Å². The Bertz CT molecular complexity index is 265. The number of nitrogens with one attached hydrogen (secondary N) is 1. The number of hydrogen-bond donors (Lipinski definition) is 1. The maximum atomic E-state index is 4.08. The summed E-state index contributed by atoms with van der Waals surface area (Å²) < 4.78 is 0.297. The van der Waals surface area contributed by atoms with Crippen molar-refractivity contribution < 1.29 is 0 Å². The van der Waals surface area contributed by atoms with Crippen LogP contribution in [0, 0.1) is 0 Å². The van der Waals surface area contributed by atoms with E-state index < -0.39 is 0 Å². The Kier molecular flexibility index (Phi) is 3.55. The smallest absolute Gasteiger partial charge is 0.205 e. The van der Waals surface area contributed by atoms with E-state index in [-0.39, 0.29) is 0 Å². The molecule has 0 aromatic carbocycles. The molecule has 0 radical (unpaired) electrons. The minimum absolute atomic E-state index is 0.297. The van der Waals surface area contributed by atoms with Crippen molar-refractivity contribution >= 4 is 28.2 Å². The van der Waals surface area contributed by atoms with Crippen LogP contribution in [-0.2, 0) is 5.75 Å². The molecule has 0 amide bonds. The number of hydrogen-bond acceptors (Lipinski definition) is 5. The zero-order valence-corrected chi connectivity index (χ0v) is 10.1. The van der Waals surface area contributed by atoms with Gasteiger partial charge in [0.2, 0.25) is 5.13 Å². The van der Waals surface area contributed by atoms with Crippen LogP contribution < -0.4 is 5.32 Å². The van der Waals surface area contributed by atoms with Gasteiger partial charge in [0.15, 0.2) is 0 Å². The van der Waals surface area contributed by atoms with Crippen LogP contribution in [0.5, 0.6) is 0 Å². The SMILES string of the molecule is CNc1nnc(CSC(C)(C)C)s1. The molecule has 0 aliphatic rings. The van der Waals surface area contributed by atoms with Gasteiger partial charge in [0.1, 0.15) is 5.01 Å². The van der Waals surface area contributed by atoms with E-state index in [1.807, 2.05) is 18.8 Å². The first-order valence-corrected chi connectivity index (χ1v) is 5.95. The molecule has 1 aromatic rings. The highest BCUT2D eigenvalue weighted by Gasteiger charge is 2.12. The second-order valence-corrected chi connectivity index (χ2v) is 6.52. The number of thioether (sulfide) groups is 1. The van der Waals surface area contributed by atoms with Gasteiger partial charge in [-0.15, -0.1) is 22.0 Å². The summed E-state index contributed by atoms with van der Waals surface area (Å²) >= 11 is 3.51. The fourth-order valence-corrected chi connectivity index (χ4v) is 2.21. The Morgan fingerprint density at radius 2 is 2.08 bits per heavy atom. The zero-order valence-electron chi connectivity index (χ0n) is 8.42. The molecule has 0 bridgehead atoms. The van der Waals surface area contributed by atoms with Gasteiger partial charge in [-0.1, -0.05) is 32.1 Å². The first-order valence-electron chi connectivity index (χ1n) is 4.15.